The number of hydrogen-bond acceptors (Lipinski definition) is 3. The van der Waals surface area contributed by atoms with E-state index in [9.17, 15) is 9.90 Å². The Morgan fingerprint density at radius 3 is 2.83 bits per heavy atom. The highest BCUT2D eigenvalue weighted by Gasteiger charge is 2.11. The van der Waals surface area contributed by atoms with Crippen molar-refractivity contribution in [3.63, 3.8) is 0 Å². The summed E-state index contributed by atoms with van der Waals surface area (Å²) >= 11 is 4.92. The lowest BCUT2D eigenvalue weighted by atomic mass is 10.2. The van der Waals surface area contributed by atoms with Gasteiger partial charge in [-0.05, 0) is 37.3 Å². The fourth-order valence-electron chi connectivity index (χ4n) is 1.53. The first-order chi connectivity index (χ1) is 8.56. The number of hydrogen-bond donors (Lipinski definition) is 2. The highest BCUT2D eigenvalue weighted by molar-refractivity contribution is 9.10. The summed E-state index contributed by atoms with van der Waals surface area (Å²) in [4.78, 5) is 14.2. The van der Waals surface area contributed by atoms with Crippen molar-refractivity contribution in [2.45, 2.75) is 13.5 Å². The number of phenolic OH excluding ortho intramolecular Hbond substituents is 1. The zero-order valence-corrected chi connectivity index (χ0v) is 12.1. The minimum absolute atomic E-state index is 0.0157. The maximum Gasteiger partial charge on any atom is 0.255 e. The molecular weight excluding hydrogens is 314 g/mol. The summed E-state index contributed by atoms with van der Waals surface area (Å²) in [5, 5.41) is 12.4. The molecule has 0 aliphatic rings. The smallest absolute Gasteiger partial charge is 0.255 e. The van der Waals surface area contributed by atoms with Gasteiger partial charge in [0.05, 0.1) is 12.1 Å². The molecule has 18 heavy (non-hydrogen) atoms. The Morgan fingerprint density at radius 2 is 2.17 bits per heavy atom. The van der Waals surface area contributed by atoms with Crippen LogP contribution in [0.2, 0.25) is 0 Å². The van der Waals surface area contributed by atoms with Crippen molar-refractivity contribution < 1.29 is 9.90 Å². The molecule has 0 saturated heterocycles. The van der Waals surface area contributed by atoms with Gasteiger partial charge in [-0.3, -0.25) is 4.79 Å². The van der Waals surface area contributed by atoms with Gasteiger partial charge in [0.1, 0.15) is 5.75 Å². The molecule has 2 N–H and O–H groups in total. The monoisotopic (exact) mass is 325 g/mol. The molecule has 0 spiro atoms. The van der Waals surface area contributed by atoms with Gasteiger partial charge in [-0.2, -0.15) is 0 Å². The third-order valence-electron chi connectivity index (χ3n) is 2.42. The summed E-state index contributed by atoms with van der Waals surface area (Å²) in [6.07, 6.45) is 0. The van der Waals surface area contributed by atoms with Crippen molar-refractivity contribution in [3.8, 4) is 5.75 Å². The molecule has 2 rings (SSSR count). The fraction of sp³-hybridized carbons (Fsp3) is 0.154. The molecule has 0 bridgehead atoms. The molecule has 0 unspecified atom stereocenters. The molecule has 0 aliphatic heterocycles. The quantitative estimate of drug-likeness (QED) is 0.908. The summed E-state index contributed by atoms with van der Waals surface area (Å²) in [6.45, 7) is 2.50. The summed E-state index contributed by atoms with van der Waals surface area (Å²) in [5.41, 5.74) is 0.276. The first kappa shape index (κ1) is 13.1. The lowest BCUT2D eigenvalue weighted by Crippen LogP contribution is -2.22. The predicted octanol–water partition coefficient (Wildman–Crippen LogP) is 3.45. The van der Waals surface area contributed by atoms with Crippen LogP contribution in [0.5, 0.6) is 5.75 Å². The van der Waals surface area contributed by atoms with E-state index in [1.54, 1.807) is 23.5 Å². The maximum atomic E-state index is 11.9. The molecule has 1 amide bonds. The average molecular weight is 326 g/mol. The van der Waals surface area contributed by atoms with Crippen molar-refractivity contribution in [1.29, 1.82) is 0 Å². The van der Waals surface area contributed by atoms with Gasteiger partial charge in [0.15, 0.2) is 0 Å². The van der Waals surface area contributed by atoms with E-state index in [-0.39, 0.29) is 17.2 Å². The highest BCUT2D eigenvalue weighted by Crippen LogP contribution is 2.22. The number of aryl methyl sites for hydroxylation is 1. The van der Waals surface area contributed by atoms with Crippen LogP contribution in [0.4, 0.5) is 0 Å². The first-order valence-corrected chi connectivity index (χ1v) is 6.99. The molecular formula is C13H12BrNO2S. The number of benzene rings is 1. The molecule has 3 nitrogen and oxygen atoms in total. The van der Waals surface area contributed by atoms with Crippen molar-refractivity contribution in [2.24, 2.45) is 0 Å². The zero-order chi connectivity index (χ0) is 13.1. The predicted molar refractivity (Wildman–Crippen MR) is 76.0 cm³/mol. The fourth-order valence-corrected chi connectivity index (χ4v) is 2.72. The molecule has 0 aliphatic carbocycles. The third-order valence-corrected chi connectivity index (χ3v) is 3.92. The second-order valence-electron chi connectivity index (χ2n) is 3.86. The average Bonchev–Trinajstić information content (AvgIpc) is 2.75. The van der Waals surface area contributed by atoms with E-state index in [0.29, 0.717) is 6.54 Å². The Balaban J connectivity index is 2.05. The van der Waals surface area contributed by atoms with E-state index in [1.165, 1.54) is 10.9 Å². The Kier molecular flexibility index (Phi) is 4.04. The molecule has 0 radical (unpaired) electrons. The highest BCUT2D eigenvalue weighted by atomic mass is 79.9. The lowest BCUT2D eigenvalue weighted by molar-refractivity contribution is 0.0948. The number of aromatic hydroxyl groups is 1. The largest absolute Gasteiger partial charge is 0.507 e. The van der Waals surface area contributed by atoms with Crippen LogP contribution in [-0.4, -0.2) is 11.0 Å². The van der Waals surface area contributed by atoms with Crippen molar-refractivity contribution in [1.82, 2.24) is 5.32 Å². The number of amides is 1. The van der Waals surface area contributed by atoms with Gasteiger partial charge in [0.25, 0.3) is 5.91 Å². The summed E-state index contributed by atoms with van der Waals surface area (Å²) in [6, 6.07) is 8.79. The van der Waals surface area contributed by atoms with Crippen molar-refractivity contribution in [2.75, 3.05) is 0 Å². The van der Waals surface area contributed by atoms with Crippen LogP contribution < -0.4 is 5.32 Å². The van der Waals surface area contributed by atoms with Crippen LogP contribution in [-0.2, 0) is 6.54 Å². The third kappa shape index (κ3) is 3.11. The minimum atomic E-state index is -0.278. The van der Waals surface area contributed by atoms with Gasteiger partial charge in [-0.1, -0.05) is 15.9 Å². The number of carbonyl (C=O) groups excluding carboxylic acids is 1. The molecule has 2 aromatic rings. The minimum Gasteiger partial charge on any atom is -0.507 e. The topological polar surface area (TPSA) is 49.3 Å². The molecule has 1 aromatic heterocycles. The second-order valence-corrected chi connectivity index (χ2v) is 6.14. The molecule has 0 atom stereocenters. The van der Waals surface area contributed by atoms with Crippen LogP contribution in [0.15, 0.2) is 34.8 Å². The number of carbonyl (C=O) groups is 1. The van der Waals surface area contributed by atoms with E-state index in [1.807, 2.05) is 19.1 Å². The van der Waals surface area contributed by atoms with Gasteiger partial charge in [-0.15, -0.1) is 11.3 Å². The lowest BCUT2D eigenvalue weighted by Gasteiger charge is -2.06. The Morgan fingerprint density at radius 1 is 1.39 bits per heavy atom. The molecule has 5 heteroatoms. The number of nitrogens with one attached hydrogen (secondary N) is 1. The SMILES string of the molecule is Cc1ccc(CNC(=O)c2cc(Br)ccc2O)s1. The van der Waals surface area contributed by atoms with E-state index < -0.39 is 0 Å². The first-order valence-electron chi connectivity index (χ1n) is 5.38. The number of rotatable bonds is 3. The van der Waals surface area contributed by atoms with Crippen LogP contribution in [0.3, 0.4) is 0 Å². The molecule has 94 valence electrons. The van der Waals surface area contributed by atoms with Gasteiger partial charge in [-0.25, -0.2) is 0 Å². The van der Waals surface area contributed by atoms with Crippen LogP contribution in [0, 0.1) is 6.92 Å². The Bertz CT molecular complexity index is 580. The molecule has 0 fully saturated rings. The summed E-state index contributed by atoms with van der Waals surface area (Å²) in [7, 11) is 0. The second kappa shape index (κ2) is 5.54. The standard InChI is InChI=1S/C13H12BrNO2S/c1-8-2-4-10(18-8)7-15-13(17)11-6-9(14)3-5-12(11)16/h2-6,16H,7H2,1H3,(H,15,17). The molecule has 0 saturated carbocycles. The number of thiophene rings is 1. The van der Waals surface area contributed by atoms with Crippen molar-refractivity contribution in [3.05, 3.63) is 50.1 Å². The Hall–Kier alpha value is -1.33. The van der Waals surface area contributed by atoms with Crippen molar-refractivity contribution >= 4 is 33.2 Å². The van der Waals surface area contributed by atoms with E-state index in [4.69, 9.17) is 0 Å². The van der Waals surface area contributed by atoms with Gasteiger partial charge in [0, 0.05) is 14.2 Å². The maximum absolute atomic E-state index is 11.9. The van der Waals surface area contributed by atoms with Crippen LogP contribution in [0.1, 0.15) is 20.1 Å². The van der Waals surface area contributed by atoms with E-state index in [2.05, 4.69) is 21.2 Å². The normalized spacial score (nSPS) is 10.3. The van der Waals surface area contributed by atoms with E-state index >= 15 is 0 Å². The Labute approximate surface area is 118 Å². The number of phenols is 1. The molecule has 1 heterocycles. The van der Waals surface area contributed by atoms with Gasteiger partial charge < -0.3 is 10.4 Å². The van der Waals surface area contributed by atoms with Crippen LogP contribution >= 0.6 is 27.3 Å². The summed E-state index contributed by atoms with van der Waals surface area (Å²) in [5.74, 6) is -0.294. The van der Waals surface area contributed by atoms with Crippen LogP contribution in [0.25, 0.3) is 0 Å². The number of halogens is 1. The summed E-state index contributed by atoms with van der Waals surface area (Å²) < 4.78 is 0.761. The molecule has 1 aromatic carbocycles. The van der Waals surface area contributed by atoms with E-state index in [0.717, 1.165) is 9.35 Å². The van der Waals surface area contributed by atoms with Gasteiger partial charge in [0.2, 0.25) is 0 Å². The van der Waals surface area contributed by atoms with Gasteiger partial charge >= 0.3 is 0 Å². The zero-order valence-electron chi connectivity index (χ0n) is 9.74.